The molecular weight excluding hydrogens is 262 g/mol. The Labute approximate surface area is 119 Å². The first kappa shape index (κ1) is 14.2. The van der Waals surface area contributed by atoms with Crippen LogP contribution in [0.15, 0.2) is 0 Å². The van der Waals surface area contributed by atoms with Gasteiger partial charge in [0.05, 0.1) is 5.54 Å². The van der Waals surface area contributed by atoms with E-state index in [1.807, 2.05) is 4.90 Å². The molecule has 1 amide bonds. The number of amides is 1. The normalized spacial score (nSPS) is 36.9. The number of halogens is 2. The Hall–Kier alpha value is -0.710. The van der Waals surface area contributed by atoms with Gasteiger partial charge in [-0.15, -0.1) is 0 Å². The molecular formula is C15H24F2N2O. The van der Waals surface area contributed by atoms with E-state index < -0.39 is 11.8 Å². The van der Waals surface area contributed by atoms with Gasteiger partial charge in [-0.25, -0.2) is 8.78 Å². The molecule has 1 aliphatic carbocycles. The van der Waals surface area contributed by atoms with Crippen LogP contribution in [0.4, 0.5) is 8.78 Å². The Bertz CT molecular complexity index is 413. The molecule has 2 aliphatic heterocycles. The Morgan fingerprint density at radius 3 is 2.45 bits per heavy atom. The number of rotatable bonds is 2. The molecule has 0 bridgehead atoms. The minimum atomic E-state index is -2.74. The van der Waals surface area contributed by atoms with E-state index in [4.69, 9.17) is 0 Å². The van der Waals surface area contributed by atoms with Gasteiger partial charge in [0.2, 0.25) is 5.91 Å². The third-order valence-electron chi connectivity index (χ3n) is 5.33. The summed E-state index contributed by atoms with van der Waals surface area (Å²) in [7, 11) is 0. The number of carbonyl (C=O) groups is 1. The summed E-state index contributed by atoms with van der Waals surface area (Å²) in [5, 5.41) is 0. The van der Waals surface area contributed by atoms with E-state index in [-0.39, 0.29) is 17.9 Å². The van der Waals surface area contributed by atoms with Gasteiger partial charge in [-0.3, -0.25) is 9.69 Å². The van der Waals surface area contributed by atoms with Gasteiger partial charge in [-0.2, -0.15) is 0 Å². The predicted molar refractivity (Wildman–Crippen MR) is 72.7 cm³/mol. The van der Waals surface area contributed by atoms with Crippen LogP contribution in [0.25, 0.3) is 0 Å². The molecule has 114 valence electrons. The monoisotopic (exact) mass is 286 g/mol. The summed E-state index contributed by atoms with van der Waals surface area (Å²) in [4.78, 5) is 16.6. The van der Waals surface area contributed by atoms with Crippen molar-refractivity contribution in [2.24, 2.45) is 5.92 Å². The summed E-state index contributed by atoms with van der Waals surface area (Å²) in [6.07, 6.45) is 3.73. The summed E-state index contributed by atoms with van der Waals surface area (Å²) >= 11 is 0. The van der Waals surface area contributed by atoms with E-state index >= 15 is 0 Å². The van der Waals surface area contributed by atoms with E-state index in [2.05, 4.69) is 18.7 Å². The molecule has 3 aliphatic rings. The molecule has 0 aromatic rings. The van der Waals surface area contributed by atoms with Crippen molar-refractivity contribution in [2.75, 3.05) is 19.6 Å². The van der Waals surface area contributed by atoms with Gasteiger partial charge < -0.3 is 4.90 Å². The molecule has 2 atom stereocenters. The molecule has 3 fully saturated rings. The summed E-state index contributed by atoms with van der Waals surface area (Å²) in [6.45, 7) is 6.81. The van der Waals surface area contributed by atoms with Crippen molar-refractivity contribution in [2.45, 2.75) is 63.5 Å². The van der Waals surface area contributed by atoms with Crippen LogP contribution in [-0.2, 0) is 4.79 Å². The molecule has 2 saturated heterocycles. The van der Waals surface area contributed by atoms with E-state index in [9.17, 15) is 13.6 Å². The van der Waals surface area contributed by atoms with Gasteiger partial charge in [0.25, 0.3) is 5.92 Å². The maximum Gasteiger partial charge on any atom is 0.260 e. The number of alkyl halides is 2. The van der Waals surface area contributed by atoms with Crippen LogP contribution in [0.3, 0.4) is 0 Å². The zero-order valence-electron chi connectivity index (χ0n) is 12.4. The molecule has 0 N–H and O–H groups in total. The second kappa shape index (κ2) is 4.65. The van der Waals surface area contributed by atoms with Gasteiger partial charge in [0.15, 0.2) is 0 Å². The summed E-state index contributed by atoms with van der Waals surface area (Å²) in [6, 6.07) is 0.454. The summed E-state index contributed by atoms with van der Waals surface area (Å²) in [5.74, 6) is -4.07. The highest BCUT2D eigenvalue weighted by atomic mass is 19.3. The largest absolute Gasteiger partial charge is 0.335 e. The van der Waals surface area contributed by atoms with E-state index in [1.54, 1.807) is 0 Å². The average Bonchev–Trinajstić information content (AvgIpc) is 2.83. The Kier molecular flexibility index (Phi) is 3.31. The van der Waals surface area contributed by atoms with Crippen molar-refractivity contribution in [1.82, 2.24) is 9.80 Å². The molecule has 1 spiro atoms. The molecule has 2 heterocycles. The van der Waals surface area contributed by atoms with Crippen LogP contribution >= 0.6 is 0 Å². The molecule has 0 aromatic carbocycles. The van der Waals surface area contributed by atoms with Gasteiger partial charge in [0.1, 0.15) is 5.92 Å². The Morgan fingerprint density at radius 1 is 1.20 bits per heavy atom. The number of nitrogens with zero attached hydrogens (tertiary/aromatic N) is 2. The molecule has 20 heavy (non-hydrogen) atoms. The lowest BCUT2D eigenvalue weighted by Gasteiger charge is -2.45. The van der Waals surface area contributed by atoms with Crippen molar-refractivity contribution in [3.8, 4) is 0 Å². The van der Waals surface area contributed by atoms with E-state index in [0.717, 1.165) is 38.8 Å². The smallest absolute Gasteiger partial charge is 0.260 e. The Balaban J connectivity index is 1.77. The lowest BCUT2D eigenvalue weighted by atomic mass is 9.85. The van der Waals surface area contributed by atoms with Crippen LogP contribution < -0.4 is 0 Å². The lowest BCUT2D eigenvalue weighted by Crippen LogP contribution is -2.57. The molecule has 5 heteroatoms. The maximum atomic E-state index is 13.2. The number of hydrogen-bond acceptors (Lipinski definition) is 2. The fraction of sp³-hybridized carbons (Fsp3) is 0.933. The maximum absolute atomic E-state index is 13.2. The highest BCUT2D eigenvalue weighted by Crippen LogP contribution is 2.51. The van der Waals surface area contributed by atoms with Gasteiger partial charge in [-0.05, 0) is 39.5 Å². The fourth-order valence-corrected chi connectivity index (χ4v) is 3.86. The molecule has 2 unspecified atom stereocenters. The van der Waals surface area contributed by atoms with Crippen LogP contribution in [0.1, 0.15) is 46.0 Å². The average molecular weight is 286 g/mol. The number of hydrogen-bond donors (Lipinski definition) is 0. The highest BCUT2D eigenvalue weighted by Gasteiger charge is 2.64. The molecule has 0 radical (unpaired) electrons. The molecule has 3 rings (SSSR count). The van der Waals surface area contributed by atoms with Crippen molar-refractivity contribution >= 4 is 5.91 Å². The second-order valence-corrected chi connectivity index (χ2v) is 7.00. The topological polar surface area (TPSA) is 23.6 Å². The minimum Gasteiger partial charge on any atom is -0.335 e. The number of piperidine rings is 1. The molecule has 3 nitrogen and oxygen atoms in total. The van der Waals surface area contributed by atoms with Gasteiger partial charge >= 0.3 is 0 Å². The first-order valence-electron chi connectivity index (χ1n) is 7.79. The zero-order chi connectivity index (χ0) is 14.5. The first-order valence-corrected chi connectivity index (χ1v) is 7.79. The SMILES string of the molecule is CC(C)N1CCC2(CCCCN2C(=O)C2CC2(F)F)C1. The summed E-state index contributed by atoms with van der Waals surface area (Å²) in [5.41, 5.74) is -0.168. The van der Waals surface area contributed by atoms with Gasteiger partial charge in [0, 0.05) is 32.1 Å². The van der Waals surface area contributed by atoms with Crippen molar-refractivity contribution in [3.05, 3.63) is 0 Å². The van der Waals surface area contributed by atoms with Crippen LogP contribution in [0, 0.1) is 5.92 Å². The third kappa shape index (κ3) is 2.24. The second-order valence-electron chi connectivity index (χ2n) is 7.00. The van der Waals surface area contributed by atoms with Crippen molar-refractivity contribution in [3.63, 3.8) is 0 Å². The molecule has 1 saturated carbocycles. The van der Waals surface area contributed by atoms with Crippen LogP contribution in [-0.4, -0.2) is 52.8 Å². The Morgan fingerprint density at radius 2 is 1.90 bits per heavy atom. The standard InChI is InChI=1S/C15H24F2N2O/c1-11(2)18-8-6-14(10-18)5-3-4-7-19(14)13(20)12-9-15(12,16)17/h11-12H,3-10H2,1-2H3. The van der Waals surface area contributed by atoms with Gasteiger partial charge in [-0.1, -0.05) is 0 Å². The number of likely N-dealkylation sites (tertiary alicyclic amines) is 2. The minimum absolute atomic E-state index is 0.168. The van der Waals surface area contributed by atoms with E-state index in [0.29, 0.717) is 12.6 Å². The van der Waals surface area contributed by atoms with E-state index in [1.165, 1.54) is 0 Å². The third-order valence-corrected chi connectivity index (χ3v) is 5.33. The highest BCUT2D eigenvalue weighted by molar-refractivity contribution is 5.83. The number of carbonyl (C=O) groups excluding carboxylic acids is 1. The quantitative estimate of drug-likeness (QED) is 0.778. The fourth-order valence-electron chi connectivity index (χ4n) is 3.86. The first-order chi connectivity index (χ1) is 9.36. The lowest BCUT2D eigenvalue weighted by molar-refractivity contribution is -0.143. The van der Waals surface area contributed by atoms with Crippen molar-refractivity contribution in [1.29, 1.82) is 0 Å². The van der Waals surface area contributed by atoms with Crippen LogP contribution in [0.2, 0.25) is 0 Å². The van der Waals surface area contributed by atoms with Crippen molar-refractivity contribution < 1.29 is 13.6 Å². The van der Waals surface area contributed by atoms with Crippen LogP contribution in [0.5, 0.6) is 0 Å². The predicted octanol–water partition coefficient (Wildman–Crippen LogP) is 2.51. The zero-order valence-corrected chi connectivity index (χ0v) is 12.4. The molecule has 0 aromatic heterocycles. The summed E-state index contributed by atoms with van der Waals surface area (Å²) < 4.78 is 26.4.